The third-order valence-corrected chi connectivity index (χ3v) is 4.99. The van der Waals surface area contributed by atoms with Crippen molar-refractivity contribution in [2.24, 2.45) is 5.92 Å². The lowest BCUT2D eigenvalue weighted by atomic mass is 10.2. The minimum absolute atomic E-state index is 0.260. The number of nitrogens with zero attached hydrogens (tertiary/aromatic N) is 1. The number of hydrogen-bond acceptors (Lipinski definition) is 3. The fraction of sp³-hybridized carbons (Fsp3) is 1.00. The third kappa shape index (κ3) is 3.16. The van der Waals surface area contributed by atoms with Gasteiger partial charge in [0.05, 0.1) is 5.75 Å². The zero-order valence-corrected chi connectivity index (χ0v) is 10.1. The maximum atomic E-state index is 11.9. The standard InChI is InChI=1S/C10H20N2O2S/c1-9-4-6-12(8-9)15(13,14)7-5-11-10-2-3-10/h9-11H,2-8H2,1H3. The summed E-state index contributed by atoms with van der Waals surface area (Å²) in [5.41, 5.74) is 0. The van der Waals surface area contributed by atoms with Crippen LogP contribution in [-0.2, 0) is 10.0 Å². The lowest BCUT2D eigenvalue weighted by Crippen LogP contribution is -2.35. The molecule has 0 aromatic carbocycles. The van der Waals surface area contributed by atoms with Gasteiger partial charge in [-0.05, 0) is 25.2 Å². The van der Waals surface area contributed by atoms with Crippen molar-refractivity contribution in [2.75, 3.05) is 25.4 Å². The van der Waals surface area contributed by atoms with Gasteiger partial charge < -0.3 is 5.32 Å². The van der Waals surface area contributed by atoms with E-state index in [1.54, 1.807) is 4.31 Å². The molecule has 0 bridgehead atoms. The second-order valence-electron chi connectivity index (χ2n) is 4.80. The van der Waals surface area contributed by atoms with Crippen molar-refractivity contribution < 1.29 is 8.42 Å². The highest BCUT2D eigenvalue weighted by molar-refractivity contribution is 7.89. The topological polar surface area (TPSA) is 49.4 Å². The Balaban J connectivity index is 1.77. The zero-order chi connectivity index (χ0) is 10.9. The first kappa shape index (κ1) is 11.4. The summed E-state index contributed by atoms with van der Waals surface area (Å²) >= 11 is 0. The SMILES string of the molecule is CC1CCN(S(=O)(=O)CCNC2CC2)C1. The Morgan fingerprint density at radius 3 is 2.60 bits per heavy atom. The van der Waals surface area contributed by atoms with E-state index in [1.165, 1.54) is 12.8 Å². The van der Waals surface area contributed by atoms with E-state index in [1.807, 2.05) is 0 Å². The Morgan fingerprint density at radius 1 is 1.33 bits per heavy atom. The summed E-state index contributed by atoms with van der Waals surface area (Å²) in [6.45, 7) is 4.15. The van der Waals surface area contributed by atoms with Crippen LogP contribution in [0, 0.1) is 5.92 Å². The van der Waals surface area contributed by atoms with E-state index in [0.29, 0.717) is 31.6 Å². The second-order valence-corrected chi connectivity index (χ2v) is 6.88. The monoisotopic (exact) mass is 232 g/mol. The Kier molecular flexibility index (Phi) is 3.33. The summed E-state index contributed by atoms with van der Waals surface area (Å²) in [5.74, 6) is 0.784. The van der Waals surface area contributed by atoms with Crippen molar-refractivity contribution in [3.63, 3.8) is 0 Å². The van der Waals surface area contributed by atoms with Gasteiger partial charge in [0.25, 0.3) is 0 Å². The second kappa shape index (κ2) is 4.39. The van der Waals surface area contributed by atoms with Gasteiger partial charge in [0.2, 0.25) is 10.0 Å². The molecule has 4 nitrogen and oxygen atoms in total. The molecule has 1 unspecified atom stereocenters. The minimum atomic E-state index is -2.99. The molecule has 5 heteroatoms. The van der Waals surface area contributed by atoms with Crippen molar-refractivity contribution >= 4 is 10.0 Å². The first-order valence-electron chi connectivity index (χ1n) is 5.79. The molecular formula is C10H20N2O2S. The lowest BCUT2D eigenvalue weighted by molar-refractivity contribution is 0.462. The maximum Gasteiger partial charge on any atom is 0.215 e. The van der Waals surface area contributed by atoms with E-state index in [2.05, 4.69) is 12.2 Å². The van der Waals surface area contributed by atoms with Crippen LogP contribution in [0.5, 0.6) is 0 Å². The Hall–Kier alpha value is -0.130. The van der Waals surface area contributed by atoms with E-state index in [-0.39, 0.29) is 5.75 Å². The van der Waals surface area contributed by atoms with Crippen LogP contribution in [0.2, 0.25) is 0 Å². The molecule has 2 rings (SSSR count). The van der Waals surface area contributed by atoms with Crippen LogP contribution in [0.15, 0.2) is 0 Å². The molecule has 0 spiro atoms. The highest BCUT2D eigenvalue weighted by Gasteiger charge is 2.29. The molecule has 0 amide bonds. The highest BCUT2D eigenvalue weighted by atomic mass is 32.2. The van der Waals surface area contributed by atoms with E-state index in [0.717, 1.165) is 6.42 Å². The van der Waals surface area contributed by atoms with Gasteiger partial charge in [-0.15, -0.1) is 0 Å². The van der Waals surface area contributed by atoms with Crippen LogP contribution in [0.3, 0.4) is 0 Å². The summed E-state index contributed by atoms with van der Waals surface area (Å²) in [5, 5.41) is 3.24. The summed E-state index contributed by atoms with van der Waals surface area (Å²) in [4.78, 5) is 0. The van der Waals surface area contributed by atoms with Gasteiger partial charge in [-0.2, -0.15) is 0 Å². The van der Waals surface area contributed by atoms with Crippen molar-refractivity contribution in [1.29, 1.82) is 0 Å². The Morgan fingerprint density at radius 2 is 2.07 bits per heavy atom. The maximum absolute atomic E-state index is 11.9. The van der Waals surface area contributed by atoms with Crippen molar-refractivity contribution in [1.82, 2.24) is 9.62 Å². The smallest absolute Gasteiger partial charge is 0.215 e. The minimum Gasteiger partial charge on any atom is -0.313 e. The molecule has 1 aliphatic carbocycles. The van der Waals surface area contributed by atoms with Gasteiger partial charge in [-0.1, -0.05) is 6.92 Å². The van der Waals surface area contributed by atoms with Crippen molar-refractivity contribution in [2.45, 2.75) is 32.2 Å². The first-order valence-corrected chi connectivity index (χ1v) is 7.40. The van der Waals surface area contributed by atoms with Crippen molar-refractivity contribution in [3.05, 3.63) is 0 Å². The van der Waals surface area contributed by atoms with Gasteiger partial charge in [0.15, 0.2) is 0 Å². The van der Waals surface area contributed by atoms with Gasteiger partial charge in [0, 0.05) is 25.7 Å². The predicted octanol–water partition coefficient (Wildman–Crippen LogP) is 0.410. The summed E-state index contributed by atoms with van der Waals surface area (Å²) in [7, 11) is -2.99. The number of hydrogen-bond donors (Lipinski definition) is 1. The van der Waals surface area contributed by atoms with Crippen LogP contribution in [0.25, 0.3) is 0 Å². The molecule has 0 aromatic heterocycles. The molecule has 1 heterocycles. The van der Waals surface area contributed by atoms with E-state index < -0.39 is 10.0 Å². The van der Waals surface area contributed by atoms with Crippen LogP contribution < -0.4 is 5.32 Å². The average Bonchev–Trinajstić information content (AvgIpc) is 2.86. The fourth-order valence-electron chi connectivity index (χ4n) is 1.96. The Bertz CT molecular complexity index is 311. The molecule has 2 aliphatic rings. The molecular weight excluding hydrogens is 212 g/mol. The van der Waals surface area contributed by atoms with Gasteiger partial charge in [0.1, 0.15) is 0 Å². The molecule has 1 atom stereocenters. The molecule has 1 saturated carbocycles. The first-order chi connectivity index (χ1) is 7.08. The summed E-state index contributed by atoms with van der Waals surface area (Å²) in [6.07, 6.45) is 3.43. The molecule has 0 aromatic rings. The lowest BCUT2D eigenvalue weighted by Gasteiger charge is -2.15. The normalized spacial score (nSPS) is 28.5. The van der Waals surface area contributed by atoms with E-state index >= 15 is 0 Å². The number of rotatable bonds is 5. The van der Waals surface area contributed by atoms with Gasteiger partial charge >= 0.3 is 0 Å². The Labute approximate surface area is 92.1 Å². The molecule has 1 N–H and O–H groups in total. The van der Waals surface area contributed by atoms with Crippen LogP contribution >= 0.6 is 0 Å². The summed E-state index contributed by atoms with van der Waals surface area (Å²) < 4.78 is 25.4. The van der Waals surface area contributed by atoms with Crippen molar-refractivity contribution in [3.8, 4) is 0 Å². The van der Waals surface area contributed by atoms with Gasteiger partial charge in [-0.25, -0.2) is 12.7 Å². The fourth-order valence-corrected chi connectivity index (χ4v) is 3.46. The number of sulfonamides is 1. The van der Waals surface area contributed by atoms with Crippen LogP contribution in [-0.4, -0.2) is 44.2 Å². The average molecular weight is 232 g/mol. The van der Waals surface area contributed by atoms with Gasteiger partial charge in [-0.3, -0.25) is 0 Å². The molecule has 15 heavy (non-hydrogen) atoms. The highest BCUT2D eigenvalue weighted by Crippen LogP contribution is 2.20. The molecule has 2 fully saturated rings. The number of nitrogens with one attached hydrogen (secondary N) is 1. The van der Waals surface area contributed by atoms with E-state index in [4.69, 9.17) is 0 Å². The third-order valence-electron chi connectivity index (χ3n) is 3.15. The largest absolute Gasteiger partial charge is 0.313 e. The molecule has 88 valence electrons. The predicted molar refractivity (Wildman–Crippen MR) is 60.2 cm³/mol. The van der Waals surface area contributed by atoms with Crippen LogP contribution in [0.4, 0.5) is 0 Å². The van der Waals surface area contributed by atoms with Crippen LogP contribution in [0.1, 0.15) is 26.2 Å². The molecule has 0 radical (unpaired) electrons. The molecule has 1 saturated heterocycles. The summed E-state index contributed by atoms with van der Waals surface area (Å²) in [6, 6.07) is 0.595. The quantitative estimate of drug-likeness (QED) is 0.747. The molecule has 1 aliphatic heterocycles. The van der Waals surface area contributed by atoms with E-state index in [9.17, 15) is 8.42 Å². The zero-order valence-electron chi connectivity index (χ0n) is 9.28.